The molecular weight excluding hydrogens is 428 g/mol. The van der Waals surface area contributed by atoms with Gasteiger partial charge in [0, 0.05) is 51.4 Å². The van der Waals surface area contributed by atoms with Crippen LogP contribution in [0.1, 0.15) is 21.5 Å². The Balaban J connectivity index is 1.40. The summed E-state index contributed by atoms with van der Waals surface area (Å²) in [5.41, 5.74) is 2.84. The number of hydrogen-bond donors (Lipinski definition) is 1. The summed E-state index contributed by atoms with van der Waals surface area (Å²) in [6, 6.07) is 14.5. The number of nitrogens with zero attached hydrogens (tertiary/aromatic N) is 3. The van der Waals surface area contributed by atoms with Gasteiger partial charge < -0.3 is 10.2 Å². The van der Waals surface area contributed by atoms with Crippen molar-refractivity contribution >= 4 is 21.8 Å². The van der Waals surface area contributed by atoms with Gasteiger partial charge in [-0.2, -0.15) is 4.31 Å². The lowest BCUT2D eigenvalue weighted by Gasteiger charge is -2.35. The first-order valence-corrected chi connectivity index (χ1v) is 12.2. The molecular formula is C23H28N4O4S. The predicted molar refractivity (Wildman–Crippen MR) is 121 cm³/mol. The van der Waals surface area contributed by atoms with Gasteiger partial charge >= 0.3 is 0 Å². The lowest BCUT2D eigenvalue weighted by atomic mass is 10.1. The van der Waals surface area contributed by atoms with Gasteiger partial charge in [-0.1, -0.05) is 35.9 Å². The minimum Gasteiger partial charge on any atom is -0.354 e. The fourth-order valence-electron chi connectivity index (χ4n) is 4.12. The van der Waals surface area contributed by atoms with E-state index in [1.165, 1.54) is 23.3 Å². The van der Waals surface area contributed by atoms with E-state index in [1.807, 2.05) is 0 Å². The maximum absolute atomic E-state index is 13.1. The highest BCUT2D eigenvalue weighted by Crippen LogP contribution is 2.20. The van der Waals surface area contributed by atoms with E-state index >= 15 is 0 Å². The van der Waals surface area contributed by atoms with Crippen molar-refractivity contribution in [1.82, 2.24) is 19.4 Å². The molecule has 8 nitrogen and oxygen atoms in total. The summed E-state index contributed by atoms with van der Waals surface area (Å²) in [6.07, 6.45) is 0. The van der Waals surface area contributed by atoms with E-state index in [9.17, 15) is 18.0 Å². The van der Waals surface area contributed by atoms with Gasteiger partial charge in [-0.3, -0.25) is 14.5 Å². The van der Waals surface area contributed by atoms with Gasteiger partial charge in [0.25, 0.3) is 5.91 Å². The zero-order valence-corrected chi connectivity index (χ0v) is 19.0. The van der Waals surface area contributed by atoms with Gasteiger partial charge in [-0.25, -0.2) is 8.42 Å². The monoisotopic (exact) mass is 456 g/mol. The van der Waals surface area contributed by atoms with Crippen LogP contribution in [0.25, 0.3) is 0 Å². The van der Waals surface area contributed by atoms with E-state index in [0.717, 1.165) is 23.9 Å². The summed E-state index contributed by atoms with van der Waals surface area (Å²) < 4.78 is 27.0. The zero-order valence-electron chi connectivity index (χ0n) is 18.2. The number of rotatable bonds is 5. The van der Waals surface area contributed by atoms with Crippen LogP contribution in [0.3, 0.4) is 0 Å². The number of carbonyl (C=O) groups excluding carboxylic acids is 2. The van der Waals surface area contributed by atoms with E-state index < -0.39 is 10.0 Å². The Morgan fingerprint density at radius 1 is 1.00 bits per heavy atom. The quantitative estimate of drug-likeness (QED) is 0.727. The largest absolute Gasteiger partial charge is 0.354 e. The van der Waals surface area contributed by atoms with Crippen LogP contribution in [0.4, 0.5) is 0 Å². The number of piperazine rings is 2. The van der Waals surface area contributed by atoms with Crippen molar-refractivity contribution in [3.63, 3.8) is 0 Å². The number of sulfonamides is 1. The molecule has 0 bridgehead atoms. The van der Waals surface area contributed by atoms with Crippen molar-refractivity contribution in [3.8, 4) is 0 Å². The second kappa shape index (κ2) is 9.40. The molecule has 32 heavy (non-hydrogen) atoms. The Morgan fingerprint density at radius 3 is 2.47 bits per heavy atom. The van der Waals surface area contributed by atoms with Crippen LogP contribution in [-0.2, 0) is 21.4 Å². The summed E-state index contributed by atoms with van der Waals surface area (Å²) in [5, 5.41) is 2.62. The Bertz CT molecular complexity index is 1110. The summed E-state index contributed by atoms with van der Waals surface area (Å²) in [5.74, 6) is -0.496. The van der Waals surface area contributed by atoms with Crippen LogP contribution in [0.2, 0.25) is 0 Å². The van der Waals surface area contributed by atoms with Crippen LogP contribution in [0.5, 0.6) is 0 Å². The fraction of sp³-hybridized carbons (Fsp3) is 0.391. The van der Waals surface area contributed by atoms with Crippen LogP contribution in [0, 0.1) is 6.92 Å². The molecule has 0 unspecified atom stereocenters. The Labute approximate surface area is 188 Å². The van der Waals surface area contributed by atoms with Gasteiger partial charge in [-0.15, -0.1) is 0 Å². The first-order valence-electron chi connectivity index (χ1n) is 10.8. The third kappa shape index (κ3) is 5.01. The lowest BCUT2D eigenvalue weighted by Crippen LogP contribution is -2.50. The number of amides is 2. The predicted octanol–water partition coefficient (Wildman–Crippen LogP) is 1.07. The molecule has 2 amide bonds. The molecule has 2 fully saturated rings. The topological polar surface area (TPSA) is 90.0 Å². The summed E-state index contributed by atoms with van der Waals surface area (Å²) in [4.78, 5) is 28.8. The first-order chi connectivity index (χ1) is 15.3. The molecule has 2 aliphatic heterocycles. The van der Waals surface area contributed by atoms with Gasteiger partial charge in [0.2, 0.25) is 15.9 Å². The Kier molecular flexibility index (Phi) is 6.59. The molecule has 2 heterocycles. The van der Waals surface area contributed by atoms with Gasteiger partial charge in [0.15, 0.2) is 0 Å². The molecule has 2 aromatic carbocycles. The van der Waals surface area contributed by atoms with Gasteiger partial charge in [0.05, 0.1) is 11.4 Å². The normalized spacial score (nSPS) is 18.4. The first kappa shape index (κ1) is 22.4. The molecule has 2 aliphatic rings. The third-order valence-corrected chi connectivity index (χ3v) is 7.71. The smallest absolute Gasteiger partial charge is 0.253 e. The number of nitrogens with one attached hydrogen (secondary N) is 1. The average molecular weight is 457 g/mol. The molecule has 2 aromatic rings. The van der Waals surface area contributed by atoms with Crippen LogP contribution in [0.15, 0.2) is 53.4 Å². The molecule has 0 spiro atoms. The van der Waals surface area contributed by atoms with Crippen molar-refractivity contribution < 1.29 is 18.0 Å². The molecule has 2 saturated heterocycles. The molecule has 0 radical (unpaired) electrons. The van der Waals surface area contributed by atoms with Crippen LogP contribution < -0.4 is 5.32 Å². The lowest BCUT2D eigenvalue weighted by molar-refractivity contribution is -0.122. The maximum atomic E-state index is 13.1. The van der Waals surface area contributed by atoms with E-state index in [4.69, 9.17) is 0 Å². The highest BCUT2D eigenvalue weighted by molar-refractivity contribution is 7.89. The average Bonchev–Trinajstić information content (AvgIpc) is 2.79. The van der Waals surface area contributed by atoms with Crippen molar-refractivity contribution in [2.75, 3.05) is 45.8 Å². The number of carbonyl (C=O) groups is 2. The Hall–Kier alpha value is -2.75. The molecule has 4 rings (SSSR count). The molecule has 9 heteroatoms. The highest BCUT2D eigenvalue weighted by atomic mass is 32.2. The van der Waals surface area contributed by atoms with Crippen LogP contribution >= 0.6 is 0 Å². The van der Waals surface area contributed by atoms with Gasteiger partial charge in [-0.05, 0) is 30.7 Å². The summed E-state index contributed by atoms with van der Waals surface area (Å²) in [7, 11) is -3.84. The second-order valence-corrected chi connectivity index (χ2v) is 10.2. The van der Waals surface area contributed by atoms with Crippen LogP contribution in [-0.4, -0.2) is 80.2 Å². The summed E-state index contributed by atoms with van der Waals surface area (Å²) in [6.45, 7) is 5.93. The van der Waals surface area contributed by atoms with E-state index in [2.05, 4.69) is 41.4 Å². The molecule has 0 aromatic heterocycles. The molecule has 0 aliphatic carbocycles. The molecule has 1 N–H and O–H groups in total. The fourth-order valence-corrected chi connectivity index (χ4v) is 5.56. The minimum absolute atomic E-state index is 0.0381. The Morgan fingerprint density at radius 2 is 1.75 bits per heavy atom. The van der Waals surface area contributed by atoms with E-state index in [1.54, 1.807) is 17.0 Å². The third-order valence-electron chi connectivity index (χ3n) is 5.87. The summed E-state index contributed by atoms with van der Waals surface area (Å²) >= 11 is 0. The minimum atomic E-state index is -3.84. The molecule has 0 saturated carbocycles. The highest BCUT2D eigenvalue weighted by Gasteiger charge is 2.30. The number of hydrogen-bond acceptors (Lipinski definition) is 5. The van der Waals surface area contributed by atoms with Crippen molar-refractivity contribution in [1.29, 1.82) is 0 Å². The second-order valence-electron chi connectivity index (χ2n) is 8.27. The molecule has 170 valence electrons. The van der Waals surface area contributed by atoms with E-state index in [-0.39, 0.29) is 36.3 Å². The number of aryl methyl sites for hydroxylation is 1. The van der Waals surface area contributed by atoms with Gasteiger partial charge in [0.1, 0.15) is 0 Å². The van der Waals surface area contributed by atoms with E-state index in [0.29, 0.717) is 18.7 Å². The zero-order chi connectivity index (χ0) is 22.7. The maximum Gasteiger partial charge on any atom is 0.253 e. The van der Waals surface area contributed by atoms with Crippen molar-refractivity contribution in [2.45, 2.75) is 18.4 Å². The standard InChI is InChI=1S/C23H28N4O4S/c1-18-4-2-5-19(14-18)16-25-10-12-26(13-11-25)23(29)20-6-3-7-21(15-20)32(30,31)27-9-8-24-22(28)17-27/h2-7,14-15H,8-13,16-17H2,1H3,(H,24,28). The van der Waals surface area contributed by atoms with Crippen molar-refractivity contribution in [2.24, 2.45) is 0 Å². The SMILES string of the molecule is Cc1cccc(CN2CCN(C(=O)c3cccc(S(=O)(=O)N4CCNC(=O)C4)c3)CC2)c1. The number of benzene rings is 2. The van der Waals surface area contributed by atoms with Crippen molar-refractivity contribution in [3.05, 3.63) is 65.2 Å². The molecule has 0 atom stereocenters.